The fourth-order valence-corrected chi connectivity index (χ4v) is 9.04. The van der Waals surface area contributed by atoms with E-state index in [4.69, 9.17) is 14.4 Å². The summed E-state index contributed by atoms with van der Waals surface area (Å²) in [6.45, 7) is 0. The van der Waals surface area contributed by atoms with Crippen molar-refractivity contribution < 1.29 is 4.42 Å². The quantitative estimate of drug-likeness (QED) is 0.184. The highest BCUT2D eigenvalue weighted by Crippen LogP contribution is 2.45. The average Bonchev–Trinajstić information content (AvgIpc) is 3.89. The van der Waals surface area contributed by atoms with E-state index in [0.717, 1.165) is 49.8 Å². The maximum Gasteiger partial charge on any atom is 0.164 e. The second-order valence-corrected chi connectivity index (χ2v) is 14.3. The number of fused-ring (bicyclic) bond motifs is 9. The first-order valence-electron chi connectivity index (χ1n) is 17.5. The highest BCUT2D eigenvalue weighted by Gasteiger charge is 2.24. The number of nitriles is 1. The Hall–Kier alpha value is -7.07. The molecule has 7 aromatic carbocycles. The molecule has 0 aliphatic rings. The molecule has 0 bridgehead atoms. The first-order valence-corrected chi connectivity index (χ1v) is 18.3. The van der Waals surface area contributed by atoms with Crippen molar-refractivity contribution in [2.45, 2.75) is 0 Å². The number of aromatic nitrogens is 3. The van der Waals surface area contributed by atoms with E-state index in [-0.39, 0.29) is 0 Å². The van der Waals surface area contributed by atoms with Crippen LogP contribution in [0.15, 0.2) is 162 Å². The fraction of sp³-hybridized carbons (Fsp3) is 0. The minimum Gasteiger partial charge on any atom is -0.455 e. The summed E-state index contributed by atoms with van der Waals surface area (Å²) in [6.07, 6.45) is 0. The molecule has 6 heteroatoms. The molecule has 0 amide bonds. The molecule has 53 heavy (non-hydrogen) atoms. The summed E-state index contributed by atoms with van der Waals surface area (Å²) in [5.74, 6) is 0.492. The van der Waals surface area contributed by atoms with Gasteiger partial charge in [0.15, 0.2) is 5.82 Å². The Morgan fingerprint density at radius 1 is 0.547 bits per heavy atom. The van der Waals surface area contributed by atoms with Gasteiger partial charge in [-0.1, -0.05) is 115 Å². The zero-order valence-electron chi connectivity index (χ0n) is 28.1. The van der Waals surface area contributed by atoms with Crippen LogP contribution in [0.4, 0.5) is 0 Å². The Labute approximate surface area is 307 Å². The Morgan fingerprint density at radius 2 is 1.19 bits per heavy atom. The molecular formula is C47H26N4OS. The number of nitrogens with zero attached hydrogens (tertiary/aromatic N) is 4. The Morgan fingerprint density at radius 3 is 1.92 bits per heavy atom. The van der Waals surface area contributed by atoms with Gasteiger partial charge in [0.25, 0.3) is 0 Å². The van der Waals surface area contributed by atoms with Crippen molar-refractivity contribution in [3.63, 3.8) is 0 Å². The molecule has 0 radical (unpaired) electrons. The summed E-state index contributed by atoms with van der Waals surface area (Å²) < 4.78 is 11.7. The van der Waals surface area contributed by atoms with E-state index in [1.807, 2.05) is 84.1 Å². The Balaban J connectivity index is 1.24. The van der Waals surface area contributed by atoms with Crippen LogP contribution in [0.1, 0.15) is 5.56 Å². The largest absolute Gasteiger partial charge is 0.455 e. The van der Waals surface area contributed by atoms with Gasteiger partial charge in [-0.15, -0.1) is 11.3 Å². The second-order valence-electron chi connectivity index (χ2n) is 13.2. The van der Waals surface area contributed by atoms with Crippen LogP contribution in [-0.2, 0) is 0 Å². The number of benzene rings is 7. The monoisotopic (exact) mass is 694 g/mol. The lowest BCUT2D eigenvalue weighted by atomic mass is 9.99. The molecule has 4 heterocycles. The van der Waals surface area contributed by atoms with Gasteiger partial charge in [0, 0.05) is 47.5 Å². The predicted molar refractivity (Wildman–Crippen MR) is 218 cm³/mol. The highest BCUT2D eigenvalue weighted by atomic mass is 32.1. The van der Waals surface area contributed by atoms with E-state index >= 15 is 0 Å². The van der Waals surface area contributed by atoms with Gasteiger partial charge in [-0.05, 0) is 42.5 Å². The molecule has 0 saturated carbocycles. The van der Waals surface area contributed by atoms with Gasteiger partial charge in [-0.3, -0.25) is 0 Å². The Kier molecular flexibility index (Phi) is 6.42. The lowest BCUT2D eigenvalue weighted by Crippen LogP contribution is -2.02. The smallest absolute Gasteiger partial charge is 0.164 e. The highest BCUT2D eigenvalue weighted by molar-refractivity contribution is 7.25. The molecule has 5 nitrogen and oxygen atoms in total. The van der Waals surface area contributed by atoms with Gasteiger partial charge in [0.1, 0.15) is 22.8 Å². The number of rotatable bonds is 4. The SMILES string of the molecule is N#Cc1c(-c2ccccc2)nc(-c2ccc(-n3c4ccccc4c4cc5sc6ccccc6c5cc43)c3c2oc2ccccc23)nc1-c1ccccc1. The molecule has 0 aliphatic carbocycles. The number of hydrogen-bond donors (Lipinski definition) is 0. The number of hydrogen-bond acceptors (Lipinski definition) is 5. The molecule has 0 atom stereocenters. The third-order valence-electron chi connectivity index (χ3n) is 10.3. The molecule has 11 rings (SSSR count). The van der Waals surface area contributed by atoms with E-state index in [1.54, 1.807) is 0 Å². The van der Waals surface area contributed by atoms with Gasteiger partial charge in [0.05, 0.1) is 39.1 Å². The van der Waals surface area contributed by atoms with Crippen molar-refractivity contribution in [1.29, 1.82) is 5.26 Å². The van der Waals surface area contributed by atoms with Crippen molar-refractivity contribution in [3.8, 4) is 45.7 Å². The molecule has 11 aromatic rings. The number of furan rings is 1. The molecule has 0 saturated heterocycles. The van der Waals surface area contributed by atoms with Gasteiger partial charge >= 0.3 is 0 Å². The van der Waals surface area contributed by atoms with Crippen LogP contribution in [0.25, 0.3) is 104 Å². The molecule has 246 valence electrons. The van der Waals surface area contributed by atoms with Crippen molar-refractivity contribution in [2.24, 2.45) is 0 Å². The van der Waals surface area contributed by atoms with Gasteiger partial charge in [-0.2, -0.15) is 5.26 Å². The molecule has 0 aliphatic heterocycles. The van der Waals surface area contributed by atoms with Crippen LogP contribution < -0.4 is 0 Å². The van der Waals surface area contributed by atoms with Crippen LogP contribution in [0.3, 0.4) is 0 Å². The number of thiophene rings is 1. The molecule has 0 unspecified atom stereocenters. The lowest BCUT2D eigenvalue weighted by molar-refractivity contribution is 0.669. The minimum atomic E-state index is 0.432. The van der Waals surface area contributed by atoms with E-state index in [2.05, 4.69) is 95.6 Å². The number of para-hydroxylation sites is 2. The molecule has 0 N–H and O–H groups in total. The summed E-state index contributed by atoms with van der Waals surface area (Å²) in [5, 5.41) is 17.4. The third kappa shape index (κ3) is 4.42. The van der Waals surface area contributed by atoms with Crippen LogP contribution in [0.5, 0.6) is 0 Å². The van der Waals surface area contributed by atoms with Crippen molar-refractivity contribution in [1.82, 2.24) is 14.5 Å². The minimum absolute atomic E-state index is 0.432. The van der Waals surface area contributed by atoms with Crippen LogP contribution in [0.2, 0.25) is 0 Å². The van der Waals surface area contributed by atoms with Crippen LogP contribution in [0, 0.1) is 11.3 Å². The van der Waals surface area contributed by atoms with Gasteiger partial charge < -0.3 is 8.98 Å². The summed E-state index contributed by atoms with van der Waals surface area (Å²) in [4.78, 5) is 10.3. The lowest BCUT2D eigenvalue weighted by Gasteiger charge is -2.14. The maximum atomic E-state index is 10.5. The first kappa shape index (κ1) is 29.6. The predicted octanol–water partition coefficient (Wildman–Crippen LogP) is 12.7. The standard InChI is InChI=1S/C47H26N4OS/c48-27-36-44(28-13-3-1-4-14-28)49-47(50-45(36)29-15-5-2-6-16-29)33-23-24-38(43-32-19-8-11-21-40(32)52-46(33)43)51-37-20-10-7-17-30(37)34-26-42-35(25-39(34)51)31-18-9-12-22-41(31)53-42/h1-26H. The zero-order valence-corrected chi connectivity index (χ0v) is 28.9. The van der Waals surface area contributed by atoms with Crippen molar-refractivity contribution >= 4 is 75.3 Å². The summed E-state index contributed by atoms with van der Waals surface area (Å²) in [6, 6.07) is 56.6. The van der Waals surface area contributed by atoms with Crippen LogP contribution >= 0.6 is 11.3 Å². The average molecular weight is 695 g/mol. The van der Waals surface area contributed by atoms with E-state index < -0.39 is 0 Å². The van der Waals surface area contributed by atoms with Crippen LogP contribution in [-0.4, -0.2) is 14.5 Å². The topological polar surface area (TPSA) is 67.6 Å². The maximum absolute atomic E-state index is 10.5. The van der Waals surface area contributed by atoms with Gasteiger partial charge in [0.2, 0.25) is 0 Å². The molecule has 4 aromatic heterocycles. The van der Waals surface area contributed by atoms with Crippen molar-refractivity contribution in [2.75, 3.05) is 0 Å². The third-order valence-corrected chi connectivity index (χ3v) is 11.4. The molecule has 0 fully saturated rings. The van der Waals surface area contributed by atoms with E-state index in [9.17, 15) is 5.26 Å². The zero-order chi connectivity index (χ0) is 35.0. The first-order chi connectivity index (χ1) is 26.2. The summed E-state index contributed by atoms with van der Waals surface area (Å²) >= 11 is 1.84. The fourth-order valence-electron chi connectivity index (χ4n) is 7.92. The molecule has 0 spiro atoms. The molecular weight excluding hydrogens is 669 g/mol. The Bertz CT molecular complexity index is 3230. The van der Waals surface area contributed by atoms with E-state index in [1.165, 1.54) is 30.9 Å². The van der Waals surface area contributed by atoms with E-state index in [0.29, 0.717) is 28.4 Å². The summed E-state index contributed by atoms with van der Waals surface area (Å²) in [7, 11) is 0. The summed E-state index contributed by atoms with van der Waals surface area (Å²) in [5.41, 5.74) is 8.79. The normalized spacial score (nSPS) is 11.8. The second kappa shape index (κ2) is 11.5. The van der Waals surface area contributed by atoms with Gasteiger partial charge in [-0.25, -0.2) is 9.97 Å². The van der Waals surface area contributed by atoms with Crippen molar-refractivity contribution in [3.05, 3.63) is 163 Å².